The summed E-state index contributed by atoms with van der Waals surface area (Å²) in [6.07, 6.45) is 2.59. The van der Waals surface area contributed by atoms with Crippen LogP contribution in [0.2, 0.25) is 0 Å². The number of fused-ring (bicyclic) bond motifs is 1. The van der Waals surface area contributed by atoms with E-state index >= 15 is 0 Å². The van der Waals surface area contributed by atoms with Gasteiger partial charge in [-0.2, -0.15) is 5.10 Å². The highest BCUT2D eigenvalue weighted by atomic mass is 16.5. The maximum atomic E-state index is 9.00. The number of aromatic nitrogens is 2. The molecule has 2 heterocycles. The first kappa shape index (κ1) is 13.9. The van der Waals surface area contributed by atoms with Crippen LogP contribution in [0.4, 0.5) is 0 Å². The summed E-state index contributed by atoms with van der Waals surface area (Å²) in [5.74, 6) is 0.889. The van der Waals surface area contributed by atoms with Gasteiger partial charge in [0.25, 0.3) is 0 Å². The highest BCUT2D eigenvalue weighted by molar-refractivity contribution is 5.63. The summed E-state index contributed by atoms with van der Waals surface area (Å²) in [4.78, 5) is 0. The number of ether oxygens (including phenoxy) is 1. The Morgan fingerprint density at radius 1 is 1.32 bits per heavy atom. The molecule has 1 N–H and O–H groups in total. The van der Waals surface area contributed by atoms with Gasteiger partial charge in [0.15, 0.2) is 0 Å². The first-order chi connectivity index (χ1) is 9.21. The van der Waals surface area contributed by atoms with E-state index in [4.69, 9.17) is 9.84 Å². The Morgan fingerprint density at radius 3 is 2.74 bits per heavy atom. The smallest absolute Gasteiger partial charge is 0.146 e. The summed E-state index contributed by atoms with van der Waals surface area (Å²) in [6.45, 7) is 6.98. The fourth-order valence-electron chi connectivity index (χ4n) is 2.46. The van der Waals surface area contributed by atoms with E-state index in [1.807, 2.05) is 24.4 Å². The van der Waals surface area contributed by atoms with Crippen molar-refractivity contribution in [2.75, 3.05) is 13.2 Å². The van der Waals surface area contributed by atoms with Crippen LogP contribution in [0.3, 0.4) is 0 Å². The Bertz CT molecular complexity index is 561. The van der Waals surface area contributed by atoms with Crippen molar-refractivity contribution in [1.29, 1.82) is 0 Å². The van der Waals surface area contributed by atoms with Crippen LogP contribution in [-0.4, -0.2) is 27.9 Å². The van der Waals surface area contributed by atoms with Gasteiger partial charge in [-0.25, -0.2) is 4.52 Å². The van der Waals surface area contributed by atoms with Gasteiger partial charge in [0.2, 0.25) is 0 Å². The minimum absolute atomic E-state index is 0.222. The fraction of sp³-hybridized carbons (Fsp3) is 0.533. The topological polar surface area (TPSA) is 46.8 Å². The minimum atomic E-state index is 0.222. The number of aliphatic hydroxyl groups excluding tert-OH is 1. The van der Waals surface area contributed by atoms with Crippen molar-refractivity contribution in [3.05, 3.63) is 29.1 Å². The molecule has 104 valence electrons. The van der Waals surface area contributed by atoms with Crippen LogP contribution >= 0.6 is 0 Å². The summed E-state index contributed by atoms with van der Waals surface area (Å²) in [6, 6.07) is 4.13. The molecule has 0 aromatic carbocycles. The molecule has 2 aromatic rings. The van der Waals surface area contributed by atoms with E-state index in [1.54, 1.807) is 0 Å². The van der Waals surface area contributed by atoms with E-state index in [-0.39, 0.29) is 6.61 Å². The molecule has 0 bridgehead atoms. The summed E-state index contributed by atoms with van der Waals surface area (Å²) in [5.41, 5.74) is 4.45. The zero-order valence-corrected chi connectivity index (χ0v) is 11.9. The van der Waals surface area contributed by atoms with Crippen LogP contribution in [0.5, 0.6) is 5.75 Å². The van der Waals surface area contributed by atoms with E-state index in [2.05, 4.69) is 18.1 Å². The summed E-state index contributed by atoms with van der Waals surface area (Å²) in [5, 5.41) is 13.6. The van der Waals surface area contributed by atoms with Crippen molar-refractivity contribution < 1.29 is 9.84 Å². The second-order valence-electron chi connectivity index (χ2n) is 4.68. The molecular formula is C15H22N2O2. The van der Waals surface area contributed by atoms with E-state index in [0.717, 1.165) is 36.2 Å². The van der Waals surface area contributed by atoms with Gasteiger partial charge in [-0.05, 0) is 44.7 Å². The van der Waals surface area contributed by atoms with Crippen molar-refractivity contribution >= 4 is 5.52 Å². The predicted molar refractivity (Wildman–Crippen MR) is 75.9 cm³/mol. The van der Waals surface area contributed by atoms with Crippen LogP contribution in [-0.2, 0) is 12.8 Å². The van der Waals surface area contributed by atoms with Gasteiger partial charge >= 0.3 is 0 Å². The number of aryl methyl sites for hydroxylation is 3. The van der Waals surface area contributed by atoms with Crippen molar-refractivity contribution in [3.8, 4) is 5.75 Å². The fourth-order valence-corrected chi connectivity index (χ4v) is 2.46. The highest BCUT2D eigenvalue weighted by Crippen LogP contribution is 2.26. The molecule has 0 aliphatic heterocycles. The van der Waals surface area contributed by atoms with Crippen LogP contribution in [0, 0.1) is 6.92 Å². The predicted octanol–water partition coefficient (Wildman–Crippen LogP) is 2.53. The summed E-state index contributed by atoms with van der Waals surface area (Å²) < 4.78 is 7.70. The zero-order valence-electron chi connectivity index (χ0n) is 11.9. The van der Waals surface area contributed by atoms with Crippen molar-refractivity contribution in [2.45, 2.75) is 40.0 Å². The monoisotopic (exact) mass is 262 g/mol. The summed E-state index contributed by atoms with van der Waals surface area (Å²) >= 11 is 0. The van der Waals surface area contributed by atoms with Crippen LogP contribution in [0.1, 0.15) is 37.2 Å². The maximum Gasteiger partial charge on any atom is 0.146 e. The van der Waals surface area contributed by atoms with Gasteiger partial charge in [0.05, 0.1) is 12.3 Å². The second kappa shape index (κ2) is 6.06. The molecule has 0 saturated carbocycles. The largest absolute Gasteiger partial charge is 0.492 e. The van der Waals surface area contributed by atoms with E-state index in [0.29, 0.717) is 6.61 Å². The van der Waals surface area contributed by atoms with Gasteiger partial charge in [0, 0.05) is 18.4 Å². The average molecular weight is 262 g/mol. The minimum Gasteiger partial charge on any atom is -0.492 e. The average Bonchev–Trinajstić information content (AvgIpc) is 2.74. The molecule has 4 nitrogen and oxygen atoms in total. The van der Waals surface area contributed by atoms with Crippen LogP contribution < -0.4 is 4.74 Å². The molecule has 0 aliphatic rings. The Balaban J connectivity index is 2.56. The quantitative estimate of drug-likeness (QED) is 0.870. The molecule has 0 atom stereocenters. The SMILES string of the molecule is CCOc1cc(C)nn2c(CC)c(CCCO)cc12. The number of hydrogen-bond acceptors (Lipinski definition) is 3. The Labute approximate surface area is 114 Å². The van der Waals surface area contributed by atoms with Crippen LogP contribution in [0.15, 0.2) is 12.1 Å². The Morgan fingerprint density at radius 2 is 2.11 bits per heavy atom. The standard InChI is InChI=1S/C15H22N2O2/c1-4-13-12(7-6-8-18)10-14-15(19-5-2)9-11(3)16-17(13)14/h9-10,18H,4-8H2,1-3H3. The molecule has 0 amide bonds. The molecule has 0 fully saturated rings. The lowest BCUT2D eigenvalue weighted by Crippen LogP contribution is -2.03. The van der Waals surface area contributed by atoms with Gasteiger partial charge in [0.1, 0.15) is 11.3 Å². The third kappa shape index (κ3) is 2.73. The first-order valence-electron chi connectivity index (χ1n) is 6.96. The van der Waals surface area contributed by atoms with Crippen molar-refractivity contribution in [3.63, 3.8) is 0 Å². The van der Waals surface area contributed by atoms with Gasteiger partial charge < -0.3 is 9.84 Å². The second-order valence-corrected chi connectivity index (χ2v) is 4.68. The molecule has 0 spiro atoms. The van der Waals surface area contributed by atoms with Crippen molar-refractivity contribution in [2.24, 2.45) is 0 Å². The van der Waals surface area contributed by atoms with E-state index in [9.17, 15) is 0 Å². The molecule has 4 heteroatoms. The molecule has 2 rings (SSSR count). The lowest BCUT2D eigenvalue weighted by atomic mass is 10.1. The number of hydrogen-bond donors (Lipinski definition) is 1. The van der Waals surface area contributed by atoms with E-state index < -0.39 is 0 Å². The lowest BCUT2D eigenvalue weighted by Gasteiger charge is -2.08. The molecule has 2 aromatic heterocycles. The first-order valence-corrected chi connectivity index (χ1v) is 6.96. The maximum absolute atomic E-state index is 9.00. The number of aliphatic hydroxyl groups is 1. The molecule has 0 saturated heterocycles. The Hall–Kier alpha value is -1.55. The summed E-state index contributed by atoms with van der Waals surface area (Å²) in [7, 11) is 0. The number of nitrogens with zero attached hydrogens (tertiary/aromatic N) is 2. The normalized spacial score (nSPS) is 11.2. The third-order valence-corrected chi connectivity index (χ3v) is 3.25. The lowest BCUT2D eigenvalue weighted by molar-refractivity contribution is 0.288. The third-order valence-electron chi connectivity index (χ3n) is 3.25. The zero-order chi connectivity index (χ0) is 13.8. The van der Waals surface area contributed by atoms with Gasteiger partial charge in [-0.3, -0.25) is 0 Å². The van der Waals surface area contributed by atoms with Gasteiger partial charge in [-0.1, -0.05) is 6.92 Å². The number of rotatable bonds is 6. The molecule has 0 radical (unpaired) electrons. The molecule has 19 heavy (non-hydrogen) atoms. The van der Waals surface area contributed by atoms with Crippen molar-refractivity contribution in [1.82, 2.24) is 9.61 Å². The van der Waals surface area contributed by atoms with Gasteiger partial charge in [-0.15, -0.1) is 0 Å². The molecule has 0 aliphatic carbocycles. The highest BCUT2D eigenvalue weighted by Gasteiger charge is 2.13. The molecular weight excluding hydrogens is 240 g/mol. The van der Waals surface area contributed by atoms with E-state index in [1.165, 1.54) is 11.3 Å². The van der Waals surface area contributed by atoms with Crippen LogP contribution in [0.25, 0.3) is 5.52 Å². The molecule has 0 unspecified atom stereocenters. The Kier molecular flexibility index (Phi) is 4.43.